The number of carbonyl (C=O) groups excluding carboxylic acids is 1. The first-order valence-electron chi connectivity index (χ1n) is 7.49. The Bertz CT molecular complexity index is 312. The number of ether oxygens (including phenoxy) is 1. The van der Waals surface area contributed by atoms with E-state index in [1.165, 1.54) is 12.8 Å². The molecule has 1 aliphatic carbocycles. The van der Waals surface area contributed by atoms with Gasteiger partial charge in [0.05, 0.1) is 0 Å². The summed E-state index contributed by atoms with van der Waals surface area (Å²) >= 11 is 0. The number of likely N-dealkylation sites (tertiary alicyclic amines) is 1. The second-order valence-electron chi connectivity index (χ2n) is 6.99. The van der Waals surface area contributed by atoms with Crippen LogP contribution in [0.5, 0.6) is 0 Å². The molecule has 1 saturated heterocycles. The van der Waals surface area contributed by atoms with E-state index in [0.29, 0.717) is 18.4 Å². The van der Waals surface area contributed by atoms with Crippen molar-refractivity contribution in [1.82, 2.24) is 4.90 Å². The summed E-state index contributed by atoms with van der Waals surface area (Å²) < 4.78 is 5.40. The third kappa shape index (κ3) is 4.10. The molecule has 1 atom stereocenters. The van der Waals surface area contributed by atoms with Crippen LogP contribution in [-0.2, 0) is 4.74 Å². The Morgan fingerprint density at radius 2 is 1.74 bits per heavy atom. The van der Waals surface area contributed by atoms with E-state index in [1.807, 2.05) is 25.7 Å². The minimum absolute atomic E-state index is 0.196. The maximum absolute atomic E-state index is 12.0. The van der Waals surface area contributed by atoms with Gasteiger partial charge in [0.2, 0.25) is 0 Å². The molecule has 1 unspecified atom stereocenters. The second-order valence-corrected chi connectivity index (χ2v) is 6.99. The molecule has 19 heavy (non-hydrogen) atoms. The molecule has 2 rings (SSSR count). The monoisotopic (exact) mass is 269 g/mol. The number of hydrogen-bond donors (Lipinski definition) is 1. The van der Waals surface area contributed by atoms with Gasteiger partial charge in [-0.2, -0.15) is 0 Å². The Morgan fingerprint density at radius 3 is 2.16 bits per heavy atom. The molecule has 1 amide bonds. The average molecular weight is 269 g/mol. The van der Waals surface area contributed by atoms with Gasteiger partial charge in [0.1, 0.15) is 5.60 Å². The molecule has 4 heteroatoms. The summed E-state index contributed by atoms with van der Waals surface area (Å²) in [6, 6.07) is 0. The molecule has 0 spiro atoms. The number of aliphatic hydroxyl groups is 1. The number of carbonyl (C=O) groups is 1. The molecule has 0 bridgehead atoms. The lowest BCUT2D eigenvalue weighted by molar-refractivity contribution is 0.0131. The molecular weight excluding hydrogens is 242 g/mol. The van der Waals surface area contributed by atoms with Crippen molar-refractivity contribution in [3.8, 4) is 0 Å². The first kappa shape index (κ1) is 14.6. The van der Waals surface area contributed by atoms with Gasteiger partial charge in [-0.1, -0.05) is 0 Å². The van der Waals surface area contributed by atoms with E-state index in [9.17, 15) is 9.90 Å². The van der Waals surface area contributed by atoms with E-state index in [-0.39, 0.29) is 6.09 Å². The predicted molar refractivity (Wildman–Crippen MR) is 73.8 cm³/mol. The Balaban J connectivity index is 1.80. The zero-order valence-electron chi connectivity index (χ0n) is 12.4. The number of rotatable bonds is 3. The summed E-state index contributed by atoms with van der Waals surface area (Å²) in [7, 11) is 0. The maximum Gasteiger partial charge on any atom is 0.410 e. The molecule has 0 aromatic rings. The topological polar surface area (TPSA) is 49.8 Å². The molecular formula is C15H27NO3. The van der Waals surface area contributed by atoms with Crippen molar-refractivity contribution >= 4 is 6.09 Å². The van der Waals surface area contributed by atoms with Crippen LogP contribution in [0.1, 0.15) is 46.5 Å². The predicted octanol–water partition coefficient (Wildman–Crippen LogP) is 2.65. The first-order valence-corrected chi connectivity index (χ1v) is 7.49. The van der Waals surface area contributed by atoms with Crippen LogP contribution in [0.3, 0.4) is 0 Å². The van der Waals surface area contributed by atoms with Gasteiger partial charge in [-0.15, -0.1) is 0 Å². The van der Waals surface area contributed by atoms with Gasteiger partial charge in [0.15, 0.2) is 0 Å². The van der Waals surface area contributed by atoms with Gasteiger partial charge in [0, 0.05) is 19.7 Å². The summed E-state index contributed by atoms with van der Waals surface area (Å²) in [4.78, 5) is 13.8. The molecule has 1 N–H and O–H groups in total. The van der Waals surface area contributed by atoms with Crippen LogP contribution in [0, 0.1) is 17.8 Å². The van der Waals surface area contributed by atoms with Gasteiger partial charge < -0.3 is 14.7 Å². The minimum Gasteiger partial charge on any atom is -0.444 e. The highest BCUT2D eigenvalue weighted by Gasteiger charge is 2.38. The Hall–Kier alpha value is -0.770. The Kier molecular flexibility index (Phi) is 4.39. The van der Waals surface area contributed by atoms with Crippen molar-refractivity contribution in [2.75, 3.05) is 19.7 Å². The highest BCUT2D eigenvalue weighted by Crippen LogP contribution is 2.43. The van der Waals surface area contributed by atoms with Gasteiger partial charge in [0.25, 0.3) is 0 Å². The molecule has 1 heterocycles. The van der Waals surface area contributed by atoms with Crippen LogP contribution in [0.2, 0.25) is 0 Å². The van der Waals surface area contributed by atoms with Crippen molar-refractivity contribution in [1.29, 1.82) is 0 Å². The molecule has 1 aliphatic heterocycles. The maximum atomic E-state index is 12.0. The smallest absolute Gasteiger partial charge is 0.410 e. The minimum atomic E-state index is -0.421. The Labute approximate surface area is 116 Å². The number of amides is 1. The van der Waals surface area contributed by atoms with Gasteiger partial charge >= 0.3 is 6.09 Å². The lowest BCUT2D eigenvalue weighted by Crippen LogP contribution is -2.43. The number of hydrogen-bond acceptors (Lipinski definition) is 3. The molecule has 1 saturated carbocycles. The highest BCUT2D eigenvalue weighted by molar-refractivity contribution is 5.68. The van der Waals surface area contributed by atoms with Crippen LogP contribution >= 0.6 is 0 Å². The van der Waals surface area contributed by atoms with E-state index in [2.05, 4.69) is 0 Å². The van der Waals surface area contributed by atoms with Crippen LogP contribution in [-0.4, -0.2) is 41.4 Å². The molecule has 0 radical (unpaired) electrons. The van der Waals surface area contributed by atoms with Crippen LogP contribution < -0.4 is 0 Å². The molecule has 2 fully saturated rings. The summed E-state index contributed by atoms with van der Waals surface area (Å²) in [6.07, 6.45) is 4.36. The zero-order chi connectivity index (χ0) is 14.0. The van der Waals surface area contributed by atoms with Crippen LogP contribution in [0.15, 0.2) is 0 Å². The first-order chi connectivity index (χ1) is 8.90. The zero-order valence-corrected chi connectivity index (χ0v) is 12.4. The van der Waals surface area contributed by atoms with Crippen molar-refractivity contribution < 1.29 is 14.6 Å². The quantitative estimate of drug-likeness (QED) is 0.857. The fourth-order valence-corrected chi connectivity index (χ4v) is 3.04. The molecule has 0 aromatic heterocycles. The van der Waals surface area contributed by atoms with Crippen molar-refractivity contribution in [3.63, 3.8) is 0 Å². The van der Waals surface area contributed by atoms with Gasteiger partial charge in [-0.05, 0) is 64.2 Å². The van der Waals surface area contributed by atoms with E-state index in [0.717, 1.165) is 31.8 Å². The molecule has 110 valence electrons. The average Bonchev–Trinajstić information content (AvgIpc) is 3.13. The summed E-state index contributed by atoms with van der Waals surface area (Å²) in [5.41, 5.74) is -0.421. The third-order valence-electron chi connectivity index (χ3n) is 4.24. The summed E-state index contributed by atoms with van der Waals surface area (Å²) in [5, 5.41) is 9.51. The summed E-state index contributed by atoms with van der Waals surface area (Å²) in [5.74, 6) is 1.78. The van der Waals surface area contributed by atoms with Crippen molar-refractivity contribution in [3.05, 3.63) is 0 Å². The fraction of sp³-hybridized carbons (Fsp3) is 0.933. The number of aliphatic hydroxyl groups excluding tert-OH is 1. The van der Waals surface area contributed by atoms with Gasteiger partial charge in [-0.3, -0.25) is 0 Å². The fourth-order valence-electron chi connectivity index (χ4n) is 3.04. The van der Waals surface area contributed by atoms with Crippen molar-refractivity contribution in [2.45, 2.75) is 52.1 Å². The normalized spacial score (nSPS) is 23.3. The van der Waals surface area contributed by atoms with E-state index in [4.69, 9.17) is 4.74 Å². The van der Waals surface area contributed by atoms with Crippen molar-refractivity contribution in [2.24, 2.45) is 17.8 Å². The lowest BCUT2D eigenvalue weighted by Gasteiger charge is -2.36. The van der Waals surface area contributed by atoms with E-state index >= 15 is 0 Å². The number of piperidine rings is 1. The second kappa shape index (κ2) is 5.70. The number of nitrogens with zero attached hydrogens (tertiary/aromatic N) is 1. The van der Waals surface area contributed by atoms with E-state index in [1.54, 1.807) is 0 Å². The van der Waals surface area contributed by atoms with E-state index < -0.39 is 5.60 Å². The standard InChI is InChI=1S/C15H27NO3/c1-15(2,3)19-14(18)16-8-6-12(7-9-16)13(10-17)11-4-5-11/h11-13,17H,4-10H2,1-3H3. The summed E-state index contributed by atoms with van der Waals surface area (Å²) in [6.45, 7) is 7.53. The highest BCUT2D eigenvalue weighted by atomic mass is 16.6. The molecule has 2 aliphatic rings. The van der Waals surface area contributed by atoms with Crippen LogP contribution in [0.25, 0.3) is 0 Å². The lowest BCUT2D eigenvalue weighted by atomic mass is 9.82. The van der Waals surface area contributed by atoms with Crippen LogP contribution in [0.4, 0.5) is 4.79 Å². The largest absolute Gasteiger partial charge is 0.444 e. The van der Waals surface area contributed by atoms with Gasteiger partial charge in [-0.25, -0.2) is 4.79 Å². The third-order valence-corrected chi connectivity index (χ3v) is 4.24. The molecule has 4 nitrogen and oxygen atoms in total. The molecule has 0 aromatic carbocycles. The Morgan fingerprint density at radius 1 is 1.21 bits per heavy atom. The SMILES string of the molecule is CC(C)(C)OC(=O)N1CCC(C(CO)C2CC2)CC1.